The predicted octanol–water partition coefficient (Wildman–Crippen LogP) is 1.86. The molecular formula is C13H16N2O3. The predicted molar refractivity (Wildman–Crippen MR) is 68.0 cm³/mol. The minimum absolute atomic E-state index is 0.0248. The number of hydrogen-bond donors (Lipinski definition) is 2. The van der Waals surface area contributed by atoms with E-state index in [9.17, 15) is 4.79 Å². The minimum Gasteiger partial charge on any atom is -0.411 e. The molecule has 1 aromatic carbocycles. The van der Waals surface area contributed by atoms with Gasteiger partial charge in [0.25, 0.3) is 0 Å². The van der Waals surface area contributed by atoms with Crippen molar-refractivity contribution in [1.29, 1.82) is 0 Å². The van der Waals surface area contributed by atoms with E-state index in [2.05, 4.69) is 10.5 Å². The summed E-state index contributed by atoms with van der Waals surface area (Å²) in [5, 5.41) is 14.7. The summed E-state index contributed by atoms with van der Waals surface area (Å²) in [6, 6.07) is 7.22. The molecule has 0 bridgehead atoms. The van der Waals surface area contributed by atoms with Crippen molar-refractivity contribution in [2.45, 2.75) is 13.3 Å². The van der Waals surface area contributed by atoms with E-state index in [1.807, 2.05) is 18.2 Å². The highest BCUT2D eigenvalue weighted by Crippen LogP contribution is 2.17. The van der Waals surface area contributed by atoms with Crippen LogP contribution in [0, 0.1) is 5.92 Å². The summed E-state index contributed by atoms with van der Waals surface area (Å²) in [5.41, 5.74) is 1.99. The summed E-state index contributed by atoms with van der Waals surface area (Å²) < 4.78 is 5.18. The maximum atomic E-state index is 11.9. The zero-order chi connectivity index (χ0) is 13.0. The third kappa shape index (κ3) is 2.87. The first kappa shape index (κ1) is 12.6. The molecule has 0 spiro atoms. The van der Waals surface area contributed by atoms with Gasteiger partial charge in [0.05, 0.1) is 18.2 Å². The van der Waals surface area contributed by atoms with Gasteiger partial charge in [-0.25, -0.2) is 0 Å². The number of benzene rings is 1. The number of ether oxygens (including phenoxy) is 1. The molecule has 0 aromatic heterocycles. The van der Waals surface area contributed by atoms with Crippen molar-refractivity contribution in [3.8, 4) is 0 Å². The summed E-state index contributed by atoms with van der Waals surface area (Å²) in [6.45, 7) is 2.84. The highest BCUT2D eigenvalue weighted by molar-refractivity contribution is 6.00. The van der Waals surface area contributed by atoms with Gasteiger partial charge in [-0.05, 0) is 25.5 Å². The van der Waals surface area contributed by atoms with Gasteiger partial charge in [-0.2, -0.15) is 0 Å². The molecule has 1 aliphatic heterocycles. The number of rotatable bonds is 3. The smallest absolute Gasteiger partial charge is 0.229 e. The number of nitrogens with zero attached hydrogens (tertiary/aromatic N) is 1. The van der Waals surface area contributed by atoms with Crippen molar-refractivity contribution in [2.24, 2.45) is 11.1 Å². The van der Waals surface area contributed by atoms with E-state index in [-0.39, 0.29) is 11.8 Å². The molecule has 2 rings (SSSR count). The lowest BCUT2D eigenvalue weighted by atomic mass is 10.1. The second-order valence-electron chi connectivity index (χ2n) is 4.32. The van der Waals surface area contributed by atoms with E-state index in [1.54, 1.807) is 13.0 Å². The molecule has 1 unspecified atom stereocenters. The van der Waals surface area contributed by atoms with Gasteiger partial charge in [0.1, 0.15) is 0 Å². The summed E-state index contributed by atoms with van der Waals surface area (Å²) in [5.74, 6) is -0.0931. The average Bonchev–Trinajstić information content (AvgIpc) is 2.92. The highest BCUT2D eigenvalue weighted by Gasteiger charge is 2.23. The fourth-order valence-corrected chi connectivity index (χ4v) is 1.87. The van der Waals surface area contributed by atoms with Crippen LogP contribution in [0.4, 0.5) is 5.69 Å². The SMILES string of the molecule is C/C(=N/O)c1cccc(NC(=O)C2CCOC2)c1. The van der Waals surface area contributed by atoms with Gasteiger partial charge in [0.2, 0.25) is 5.91 Å². The van der Waals surface area contributed by atoms with Crippen molar-refractivity contribution in [1.82, 2.24) is 0 Å². The van der Waals surface area contributed by atoms with E-state index in [1.165, 1.54) is 0 Å². The number of carbonyl (C=O) groups excluding carboxylic acids is 1. The Balaban J connectivity index is 2.07. The van der Waals surface area contributed by atoms with E-state index in [4.69, 9.17) is 9.94 Å². The molecule has 1 atom stereocenters. The number of carbonyl (C=O) groups is 1. The first-order valence-electron chi connectivity index (χ1n) is 5.88. The lowest BCUT2D eigenvalue weighted by Gasteiger charge is -2.10. The fourth-order valence-electron chi connectivity index (χ4n) is 1.87. The average molecular weight is 248 g/mol. The minimum atomic E-state index is -0.0683. The Labute approximate surface area is 105 Å². The Morgan fingerprint density at radius 2 is 2.39 bits per heavy atom. The molecule has 18 heavy (non-hydrogen) atoms. The van der Waals surface area contributed by atoms with Crippen molar-refractivity contribution < 1.29 is 14.7 Å². The zero-order valence-corrected chi connectivity index (χ0v) is 10.2. The van der Waals surface area contributed by atoms with Crippen LogP contribution in [0.1, 0.15) is 18.9 Å². The zero-order valence-electron chi connectivity index (χ0n) is 10.2. The normalized spacial score (nSPS) is 19.8. The molecule has 1 heterocycles. The van der Waals surface area contributed by atoms with Crippen molar-refractivity contribution in [3.63, 3.8) is 0 Å². The van der Waals surface area contributed by atoms with Crippen LogP contribution in [-0.2, 0) is 9.53 Å². The number of nitrogens with one attached hydrogen (secondary N) is 1. The fraction of sp³-hybridized carbons (Fsp3) is 0.385. The quantitative estimate of drug-likeness (QED) is 0.487. The molecule has 0 aliphatic carbocycles. The first-order chi connectivity index (χ1) is 8.70. The van der Waals surface area contributed by atoms with Gasteiger partial charge in [-0.15, -0.1) is 0 Å². The Bertz CT molecular complexity index is 465. The molecule has 1 amide bonds. The molecule has 96 valence electrons. The Morgan fingerprint density at radius 3 is 3.06 bits per heavy atom. The number of hydrogen-bond acceptors (Lipinski definition) is 4. The third-order valence-corrected chi connectivity index (χ3v) is 3.00. The molecular weight excluding hydrogens is 232 g/mol. The maximum Gasteiger partial charge on any atom is 0.229 e. The molecule has 1 fully saturated rings. The van der Waals surface area contributed by atoms with E-state index < -0.39 is 0 Å². The van der Waals surface area contributed by atoms with Crippen molar-refractivity contribution in [2.75, 3.05) is 18.5 Å². The third-order valence-electron chi connectivity index (χ3n) is 3.00. The van der Waals surface area contributed by atoms with Gasteiger partial charge in [0.15, 0.2) is 0 Å². The van der Waals surface area contributed by atoms with Crippen LogP contribution in [0.2, 0.25) is 0 Å². The molecule has 0 radical (unpaired) electrons. The van der Waals surface area contributed by atoms with Gasteiger partial charge < -0.3 is 15.3 Å². The van der Waals surface area contributed by atoms with Crippen LogP contribution >= 0.6 is 0 Å². The van der Waals surface area contributed by atoms with Crippen LogP contribution in [0.25, 0.3) is 0 Å². The lowest BCUT2D eigenvalue weighted by molar-refractivity contribution is -0.119. The first-order valence-corrected chi connectivity index (χ1v) is 5.88. The van der Waals surface area contributed by atoms with Crippen molar-refractivity contribution >= 4 is 17.3 Å². The van der Waals surface area contributed by atoms with Crippen LogP contribution in [0.5, 0.6) is 0 Å². The van der Waals surface area contributed by atoms with E-state index in [0.717, 1.165) is 12.0 Å². The molecule has 1 saturated heterocycles. The van der Waals surface area contributed by atoms with Crippen LogP contribution in [-0.4, -0.2) is 30.0 Å². The molecule has 1 aromatic rings. The van der Waals surface area contributed by atoms with E-state index >= 15 is 0 Å². The standard InChI is InChI=1S/C13H16N2O3/c1-9(15-17)10-3-2-4-12(7-10)14-13(16)11-5-6-18-8-11/h2-4,7,11,17H,5-6,8H2,1H3,(H,14,16)/b15-9-. The van der Waals surface area contributed by atoms with Gasteiger partial charge >= 0.3 is 0 Å². The molecule has 2 N–H and O–H groups in total. The van der Waals surface area contributed by atoms with E-state index in [0.29, 0.717) is 24.6 Å². The summed E-state index contributed by atoms with van der Waals surface area (Å²) in [7, 11) is 0. The largest absolute Gasteiger partial charge is 0.411 e. The topological polar surface area (TPSA) is 70.9 Å². The van der Waals surface area contributed by atoms with Crippen LogP contribution in [0.3, 0.4) is 0 Å². The van der Waals surface area contributed by atoms with Gasteiger partial charge in [0, 0.05) is 17.9 Å². The Morgan fingerprint density at radius 1 is 1.56 bits per heavy atom. The van der Waals surface area contributed by atoms with Crippen LogP contribution < -0.4 is 5.32 Å². The molecule has 0 saturated carbocycles. The van der Waals surface area contributed by atoms with Gasteiger partial charge in [-0.3, -0.25) is 4.79 Å². The molecule has 5 heteroatoms. The Kier molecular flexibility index (Phi) is 3.94. The number of oxime groups is 1. The molecule has 1 aliphatic rings. The number of anilines is 1. The molecule has 5 nitrogen and oxygen atoms in total. The monoisotopic (exact) mass is 248 g/mol. The Hall–Kier alpha value is -1.88. The lowest BCUT2D eigenvalue weighted by Crippen LogP contribution is -2.22. The summed E-state index contributed by atoms with van der Waals surface area (Å²) in [6.07, 6.45) is 0.767. The maximum absolute atomic E-state index is 11.9. The second-order valence-corrected chi connectivity index (χ2v) is 4.32. The highest BCUT2D eigenvalue weighted by atomic mass is 16.5. The van der Waals surface area contributed by atoms with Crippen molar-refractivity contribution in [3.05, 3.63) is 29.8 Å². The summed E-state index contributed by atoms with van der Waals surface area (Å²) in [4.78, 5) is 11.9. The van der Waals surface area contributed by atoms with Crippen LogP contribution in [0.15, 0.2) is 29.4 Å². The second kappa shape index (κ2) is 5.64. The number of amides is 1. The van der Waals surface area contributed by atoms with Gasteiger partial charge in [-0.1, -0.05) is 17.3 Å². The summed E-state index contributed by atoms with van der Waals surface area (Å²) >= 11 is 0.